The smallest absolute Gasteiger partial charge is 0.0634 e. The minimum Gasteiger partial charge on any atom is -0.379 e. The van der Waals surface area contributed by atoms with Crippen molar-refractivity contribution in [3.05, 3.63) is 0 Å². The van der Waals surface area contributed by atoms with Crippen molar-refractivity contribution in [1.82, 2.24) is 10.2 Å². The third-order valence-electron chi connectivity index (χ3n) is 3.65. The van der Waals surface area contributed by atoms with E-state index < -0.39 is 0 Å². The molecule has 1 rings (SSSR count). The van der Waals surface area contributed by atoms with Crippen LogP contribution in [0.2, 0.25) is 0 Å². The molecule has 3 heteroatoms. The molecule has 1 fully saturated rings. The first-order valence-corrected chi connectivity index (χ1v) is 6.59. The van der Waals surface area contributed by atoms with E-state index in [2.05, 4.69) is 31.0 Å². The van der Waals surface area contributed by atoms with Crippen LogP contribution in [-0.2, 0) is 4.74 Å². The second kappa shape index (κ2) is 6.58. The lowest BCUT2D eigenvalue weighted by Crippen LogP contribution is -2.52. The average molecular weight is 228 g/mol. The molecule has 0 radical (unpaired) electrons. The van der Waals surface area contributed by atoms with Crippen molar-refractivity contribution < 1.29 is 4.74 Å². The van der Waals surface area contributed by atoms with E-state index in [4.69, 9.17) is 4.74 Å². The van der Waals surface area contributed by atoms with Gasteiger partial charge in [0.1, 0.15) is 0 Å². The van der Waals surface area contributed by atoms with Gasteiger partial charge in [0.05, 0.1) is 5.60 Å². The predicted octanol–water partition coefficient (Wildman–Crippen LogP) is 1.88. The van der Waals surface area contributed by atoms with Crippen molar-refractivity contribution in [2.45, 2.75) is 51.7 Å². The standard InChI is InChI=1S/C13H28N2O/c1-5-6-12-11-14-8-10-15(12)9-7-13(2,3)16-4/h12,14H,5-11H2,1-4H3. The summed E-state index contributed by atoms with van der Waals surface area (Å²) in [6.07, 6.45) is 3.70. The molecule has 1 aliphatic rings. The molecular weight excluding hydrogens is 200 g/mol. The summed E-state index contributed by atoms with van der Waals surface area (Å²) in [5, 5.41) is 3.49. The molecule has 0 amide bonds. The Bertz CT molecular complexity index is 192. The van der Waals surface area contributed by atoms with Crippen LogP contribution in [0.4, 0.5) is 0 Å². The van der Waals surface area contributed by atoms with E-state index in [1.165, 1.54) is 19.4 Å². The van der Waals surface area contributed by atoms with Gasteiger partial charge in [-0.2, -0.15) is 0 Å². The molecule has 16 heavy (non-hydrogen) atoms. The van der Waals surface area contributed by atoms with Gasteiger partial charge in [-0.15, -0.1) is 0 Å². The molecule has 96 valence electrons. The zero-order valence-corrected chi connectivity index (χ0v) is 11.4. The van der Waals surface area contributed by atoms with Gasteiger partial charge < -0.3 is 10.1 Å². The van der Waals surface area contributed by atoms with Gasteiger partial charge >= 0.3 is 0 Å². The topological polar surface area (TPSA) is 24.5 Å². The highest BCUT2D eigenvalue weighted by Gasteiger charge is 2.24. The third kappa shape index (κ3) is 4.40. The number of piperazine rings is 1. The summed E-state index contributed by atoms with van der Waals surface area (Å²) in [5.74, 6) is 0. The van der Waals surface area contributed by atoms with E-state index in [-0.39, 0.29) is 5.60 Å². The van der Waals surface area contributed by atoms with Crippen LogP contribution in [0.15, 0.2) is 0 Å². The Labute approximate surface area is 101 Å². The first-order chi connectivity index (χ1) is 7.59. The second-order valence-electron chi connectivity index (χ2n) is 5.40. The van der Waals surface area contributed by atoms with Crippen molar-refractivity contribution in [2.24, 2.45) is 0 Å². The molecule has 1 unspecified atom stereocenters. The summed E-state index contributed by atoms with van der Waals surface area (Å²) in [4.78, 5) is 2.63. The van der Waals surface area contributed by atoms with Crippen molar-refractivity contribution in [3.63, 3.8) is 0 Å². The molecule has 0 aromatic carbocycles. The predicted molar refractivity (Wildman–Crippen MR) is 68.8 cm³/mol. The van der Waals surface area contributed by atoms with Gasteiger partial charge in [0.15, 0.2) is 0 Å². The lowest BCUT2D eigenvalue weighted by Gasteiger charge is -2.38. The fourth-order valence-electron chi connectivity index (χ4n) is 2.23. The highest BCUT2D eigenvalue weighted by molar-refractivity contribution is 4.81. The highest BCUT2D eigenvalue weighted by atomic mass is 16.5. The summed E-state index contributed by atoms with van der Waals surface area (Å²) in [6, 6.07) is 0.728. The van der Waals surface area contributed by atoms with Crippen molar-refractivity contribution >= 4 is 0 Å². The molecule has 1 atom stereocenters. The molecular formula is C13H28N2O. The van der Waals surface area contributed by atoms with Crippen LogP contribution in [-0.4, -0.2) is 49.8 Å². The summed E-state index contributed by atoms with van der Waals surface area (Å²) in [5.41, 5.74) is 0.0155. The number of hydrogen-bond acceptors (Lipinski definition) is 3. The Balaban J connectivity index is 2.37. The quantitative estimate of drug-likeness (QED) is 0.751. The first-order valence-electron chi connectivity index (χ1n) is 6.59. The Hall–Kier alpha value is -0.120. The normalized spacial score (nSPS) is 23.6. The zero-order valence-electron chi connectivity index (χ0n) is 11.4. The molecule has 1 heterocycles. The van der Waals surface area contributed by atoms with E-state index in [0.717, 1.165) is 32.1 Å². The molecule has 1 saturated heterocycles. The van der Waals surface area contributed by atoms with Crippen LogP contribution in [0.1, 0.15) is 40.0 Å². The van der Waals surface area contributed by atoms with E-state index >= 15 is 0 Å². The maximum atomic E-state index is 5.48. The van der Waals surface area contributed by atoms with E-state index in [9.17, 15) is 0 Å². The Morgan fingerprint density at radius 3 is 2.81 bits per heavy atom. The van der Waals surface area contributed by atoms with Crippen LogP contribution in [0.25, 0.3) is 0 Å². The molecule has 0 bridgehead atoms. The summed E-state index contributed by atoms with van der Waals surface area (Å²) in [6.45, 7) is 11.2. The van der Waals surface area contributed by atoms with Gasteiger partial charge in [-0.25, -0.2) is 0 Å². The van der Waals surface area contributed by atoms with Crippen molar-refractivity contribution in [1.29, 1.82) is 0 Å². The number of ether oxygens (including phenoxy) is 1. The van der Waals surface area contributed by atoms with Crippen LogP contribution >= 0.6 is 0 Å². The van der Waals surface area contributed by atoms with Gasteiger partial charge in [-0.3, -0.25) is 4.90 Å². The molecule has 1 aliphatic heterocycles. The van der Waals surface area contributed by atoms with Crippen molar-refractivity contribution in [3.8, 4) is 0 Å². The molecule has 0 aliphatic carbocycles. The van der Waals surface area contributed by atoms with Gasteiger partial charge in [0.2, 0.25) is 0 Å². The average Bonchev–Trinajstić information content (AvgIpc) is 2.28. The van der Waals surface area contributed by atoms with Crippen LogP contribution in [0.5, 0.6) is 0 Å². The highest BCUT2D eigenvalue weighted by Crippen LogP contribution is 2.16. The lowest BCUT2D eigenvalue weighted by molar-refractivity contribution is 0.00156. The molecule has 0 saturated carbocycles. The molecule has 0 aromatic rings. The van der Waals surface area contributed by atoms with Gasteiger partial charge in [0, 0.05) is 39.3 Å². The van der Waals surface area contributed by atoms with E-state index in [1.807, 2.05) is 0 Å². The fourth-order valence-corrected chi connectivity index (χ4v) is 2.23. The molecule has 0 aromatic heterocycles. The van der Waals surface area contributed by atoms with Crippen LogP contribution in [0.3, 0.4) is 0 Å². The number of methoxy groups -OCH3 is 1. The molecule has 1 N–H and O–H groups in total. The monoisotopic (exact) mass is 228 g/mol. The number of nitrogens with one attached hydrogen (secondary N) is 1. The van der Waals surface area contributed by atoms with E-state index in [0.29, 0.717) is 0 Å². The van der Waals surface area contributed by atoms with Gasteiger partial charge in [-0.1, -0.05) is 13.3 Å². The van der Waals surface area contributed by atoms with E-state index in [1.54, 1.807) is 7.11 Å². The SMILES string of the molecule is CCCC1CNCCN1CCC(C)(C)OC. The number of nitrogens with zero attached hydrogens (tertiary/aromatic N) is 1. The Morgan fingerprint density at radius 2 is 2.19 bits per heavy atom. The summed E-state index contributed by atoms with van der Waals surface area (Å²) < 4.78 is 5.48. The molecule has 0 spiro atoms. The number of rotatable bonds is 6. The van der Waals surface area contributed by atoms with Gasteiger partial charge in [0.25, 0.3) is 0 Å². The van der Waals surface area contributed by atoms with Crippen molar-refractivity contribution in [2.75, 3.05) is 33.3 Å². The summed E-state index contributed by atoms with van der Waals surface area (Å²) in [7, 11) is 1.81. The zero-order chi connectivity index (χ0) is 12.0. The van der Waals surface area contributed by atoms with Gasteiger partial charge in [-0.05, 0) is 26.7 Å². The minimum atomic E-state index is 0.0155. The summed E-state index contributed by atoms with van der Waals surface area (Å²) >= 11 is 0. The number of hydrogen-bond donors (Lipinski definition) is 1. The Morgan fingerprint density at radius 1 is 1.44 bits per heavy atom. The third-order valence-corrected chi connectivity index (χ3v) is 3.65. The fraction of sp³-hybridized carbons (Fsp3) is 1.00. The second-order valence-corrected chi connectivity index (χ2v) is 5.40. The maximum absolute atomic E-state index is 5.48. The first kappa shape index (κ1) is 13.9. The van der Waals surface area contributed by atoms with Crippen LogP contribution in [0, 0.1) is 0 Å². The molecule has 3 nitrogen and oxygen atoms in total. The largest absolute Gasteiger partial charge is 0.379 e. The Kier molecular flexibility index (Phi) is 5.73. The maximum Gasteiger partial charge on any atom is 0.0634 e. The van der Waals surface area contributed by atoms with Crippen LogP contribution < -0.4 is 5.32 Å². The minimum absolute atomic E-state index is 0.0155. The lowest BCUT2D eigenvalue weighted by atomic mass is 10.0.